The van der Waals surface area contributed by atoms with Crippen molar-refractivity contribution >= 4 is 29.7 Å². The molecule has 1 aromatic rings. The van der Waals surface area contributed by atoms with Gasteiger partial charge in [0.15, 0.2) is 0 Å². The van der Waals surface area contributed by atoms with Crippen molar-refractivity contribution in [2.24, 2.45) is 11.8 Å². The SMILES string of the molecule is CN[C@@H](CC(C)C)C(=O)OC(=O)[C@@H](Cc1ccc(N2CCOCC2)cc1)OC(=O)[C@H](CC(C)C)N(C)C(=O)OC(C)(C)C. The number of carbonyl (C=O) groups is 4. The highest BCUT2D eigenvalue weighted by Gasteiger charge is 2.36. The van der Waals surface area contributed by atoms with Crippen LogP contribution >= 0.6 is 0 Å². The van der Waals surface area contributed by atoms with E-state index in [4.69, 9.17) is 18.9 Å². The van der Waals surface area contributed by atoms with Gasteiger partial charge in [-0.25, -0.2) is 19.2 Å². The van der Waals surface area contributed by atoms with Crippen LogP contribution in [0.4, 0.5) is 10.5 Å². The Morgan fingerprint density at radius 2 is 1.51 bits per heavy atom. The molecule has 11 nitrogen and oxygen atoms in total. The van der Waals surface area contributed by atoms with Gasteiger partial charge >= 0.3 is 24.0 Å². The summed E-state index contributed by atoms with van der Waals surface area (Å²) in [7, 11) is 3.09. The number of carbonyl (C=O) groups excluding carboxylic acids is 4. The Labute approximate surface area is 256 Å². The second-order valence-electron chi connectivity index (χ2n) is 12.8. The third-order valence-electron chi connectivity index (χ3n) is 6.91. The minimum absolute atomic E-state index is 0.0137. The predicted octanol–water partition coefficient (Wildman–Crippen LogP) is 3.96. The molecule has 43 heavy (non-hydrogen) atoms. The monoisotopic (exact) mass is 605 g/mol. The van der Waals surface area contributed by atoms with Gasteiger partial charge in [0.05, 0.1) is 13.2 Å². The van der Waals surface area contributed by atoms with Crippen molar-refractivity contribution in [3.8, 4) is 0 Å². The van der Waals surface area contributed by atoms with Crippen LogP contribution in [0, 0.1) is 11.8 Å². The standard InChI is InChI=1S/C32H51N3O8/c1-21(2)18-25(33-8)28(36)42-30(38)27(20-23-10-12-24(13-11-23)35-14-16-40-17-15-35)41-29(37)26(19-22(3)4)34(9)31(39)43-32(5,6)7/h10-13,21-22,25-27,33H,14-20H2,1-9H3/t25-,26-,27+/m0/s1. The average Bonchev–Trinajstić information content (AvgIpc) is 2.93. The van der Waals surface area contributed by atoms with Crippen molar-refractivity contribution in [1.82, 2.24) is 10.2 Å². The maximum absolute atomic E-state index is 13.6. The summed E-state index contributed by atoms with van der Waals surface area (Å²) < 4.78 is 21.9. The second-order valence-corrected chi connectivity index (χ2v) is 12.8. The molecule has 0 aromatic heterocycles. The summed E-state index contributed by atoms with van der Waals surface area (Å²) in [6.45, 7) is 15.8. The van der Waals surface area contributed by atoms with E-state index < -0.39 is 47.8 Å². The lowest BCUT2D eigenvalue weighted by Crippen LogP contribution is -2.48. The molecule has 1 aliphatic heterocycles. The van der Waals surface area contributed by atoms with E-state index in [1.54, 1.807) is 27.8 Å². The zero-order valence-corrected chi connectivity index (χ0v) is 27.3. The Kier molecular flexibility index (Phi) is 13.9. The van der Waals surface area contributed by atoms with Crippen LogP contribution in [0.1, 0.15) is 66.9 Å². The first-order chi connectivity index (χ1) is 20.1. The Balaban J connectivity index is 2.31. The number of nitrogens with one attached hydrogen (secondary N) is 1. The van der Waals surface area contributed by atoms with E-state index in [9.17, 15) is 19.2 Å². The summed E-state index contributed by atoms with van der Waals surface area (Å²) in [5.41, 5.74) is 0.963. The first-order valence-corrected chi connectivity index (χ1v) is 15.1. The molecule has 0 saturated carbocycles. The molecular formula is C32H51N3O8. The van der Waals surface area contributed by atoms with Crippen molar-refractivity contribution in [3.05, 3.63) is 29.8 Å². The fraction of sp³-hybridized carbons (Fsp3) is 0.688. The number of anilines is 1. The Bertz CT molecular complexity index is 1060. The van der Waals surface area contributed by atoms with Gasteiger partial charge in [0, 0.05) is 32.2 Å². The van der Waals surface area contributed by atoms with E-state index >= 15 is 0 Å². The molecule has 242 valence electrons. The molecule has 1 aliphatic rings. The van der Waals surface area contributed by atoms with Crippen molar-refractivity contribution in [1.29, 1.82) is 0 Å². The second kappa shape index (κ2) is 16.6. The lowest BCUT2D eigenvalue weighted by Gasteiger charge is -2.31. The summed E-state index contributed by atoms with van der Waals surface area (Å²) >= 11 is 0. The number of hydrogen-bond donors (Lipinski definition) is 1. The highest BCUT2D eigenvalue weighted by molar-refractivity contribution is 5.92. The molecule has 1 saturated heterocycles. The van der Waals surface area contributed by atoms with E-state index in [-0.39, 0.29) is 24.7 Å². The third-order valence-corrected chi connectivity index (χ3v) is 6.91. The smallest absolute Gasteiger partial charge is 0.410 e. The van der Waals surface area contributed by atoms with Gasteiger partial charge in [-0.05, 0) is 70.2 Å². The van der Waals surface area contributed by atoms with Crippen molar-refractivity contribution < 1.29 is 38.1 Å². The summed E-state index contributed by atoms with van der Waals surface area (Å²) in [5, 5.41) is 2.88. The third kappa shape index (κ3) is 12.1. The maximum atomic E-state index is 13.6. The Hall–Kier alpha value is -3.18. The molecule has 0 aliphatic carbocycles. The Morgan fingerprint density at radius 3 is 2.02 bits per heavy atom. The van der Waals surface area contributed by atoms with Gasteiger partial charge in [-0.15, -0.1) is 0 Å². The van der Waals surface area contributed by atoms with Crippen LogP contribution in [-0.2, 0) is 39.8 Å². The van der Waals surface area contributed by atoms with Crippen LogP contribution in [0.15, 0.2) is 24.3 Å². The molecule has 0 unspecified atom stereocenters. The highest BCUT2D eigenvalue weighted by atomic mass is 16.6. The van der Waals surface area contributed by atoms with Crippen molar-refractivity contribution in [3.63, 3.8) is 0 Å². The van der Waals surface area contributed by atoms with Gasteiger partial charge < -0.3 is 29.2 Å². The summed E-state index contributed by atoms with van der Waals surface area (Å²) in [6.07, 6.45) is -1.37. The van der Waals surface area contributed by atoms with Crippen LogP contribution in [-0.4, -0.2) is 93.1 Å². The molecule has 11 heteroatoms. The van der Waals surface area contributed by atoms with Gasteiger partial charge in [0.25, 0.3) is 0 Å². The summed E-state index contributed by atoms with van der Waals surface area (Å²) in [6, 6.07) is 5.87. The first-order valence-electron chi connectivity index (χ1n) is 15.1. The minimum atomic E-state index is -1.41. The molecular weight excluding hydrogens is 554 g/mol. The number of likely N-dealkylation sites (N-methyl/N-ethyl adjacent to an activating group) is 2. The van der Waals surface area contributed by atoms with Gasteiger partial charge in [0.2, 0.25) is 6.10 Å². The van der Waals surface area contributed by atoms with E-state index in [1.807, 2.05) is 52.0 Å². The van der Waals surface area contributed by atoms with Crippen LogP contribution in [0.5, 0.6) is 0 Å². The number of hydrogen-bond acceptors (Lipinski definition) is 10. The number of rotatable bonds is 13. The molecule has 1 N–H and O–H groups in total. The number of ether oxygens (including phenoxy) is 4. The van der Waals surface area contributed by atoms with E-state index in [0.29, 0.717) is 25.2 Å². The quantitative estimate of drug-likeness (QED) is 0.201. The van der Waals surface area contributed by atoms with E-state index in [0.717, 1.165) is 18.8 Å². The van der Waals surface area contributed by atoms with E-state index in [1.165, 1.54) is 11.9 Å². The molecule has 1 amide bonds. The molecule has 2 rings (SSSR count). The predicted molar refractivity (Wildman–Crippen MR) is 164 cm³/mol. The molecule has 0 radical (unpaired) electrons. The van der Waals surface area contributed by atoms with Gasteiger partial charge in [-0.1, -0.05) is 39.8 Å². The number of morpholine rings is 1. The Morgan fingerprint density at radius 1 is 0.930 bits per heavy atom. The summed E-state index contributed by atoms with van der Waals surface area (Å²) in [4.78, 5) is 56.1. The normalized spacial score (nSPS) is 15.9. The van der Waals surface area contributed by atoms with E-state index in [2.05, 4.69) is 10.2 Å². The molecule has 1 heterocycles. The zero-order valence-electron chi connectivity index (χ0n) is 27.3. The number of nitrogens with zero attached hydrogens (tertiary/aromatic N) is 2. The molecule has 1 aromatic carbocycles. The van der Waals surface area contributed by atoms with Gasteiger partial charge in [0.1, 0.15) is 17.7 Å². The lowest BCUT2D eigenvalue weighted by atomic mass is 10.0. The fourth-order valence-electron chi connectivity index (χ4n) is 4.63. The average molecular weight is 606 g/mol. The molecule has 1 fully saturated rings. The highest BCUT2D eigenvalue weighted by Crippen LogP contribution is 2.21. The van der Waals surface area contributed by atoms with Gasteiger partial charge in [-0.2, -0.15) is 0 Å². The maximum Gasteiger partial charge on any atom is 0.410 e. The van der Waals surface area contributed by atoms with Crippen LogP contribution in [0.25, 0.3) is 0 Å². The van der Waals surface area contributed by atoms with Crippen molar-refractivity contribution in [2.75, 3.05) is 45.3 Å². The topological polar surface area (TPSA) is 124 Å². The lowest BCUT2D eigenvalue weighted by molar-refractivity contribution is -0.177. The van der Waals surface area contributed by atoms with Crippen molar-refractivity contribution in [2.45, 2.75) is 91.5 Å². The first kappa shape index (κ1) is 36.0. The fourth-order valence-corrected chi connectivity index (χ4v) is 4.63. The van der Waals surface area contributed by atoms with Crippen LogP contribution in [0.3, 0.4) is 0 Å². The number of benzene rings is 1. The van der Waals surface area contributed by atoms with Crippen LogP contribution in [0.2, 0.25) is 0 Å². The van der Waals surface area contributed by atoms with Gasteiger partial charge in [-0.3, -0.25) is 4.90 Å². The molecule has 0 spiro atoms. The summed E-state index contributed by atoms with van der Waals surface area (Å²) in [5.74, 6) is -2.29. The molecule has 0 bridgehead atoms. The molecule has 3 atom stereocenters. The minimum Gasteiger partial charge on any atom is -0.448 e. The van der Waals surface area contributed by atoms with Crippen LogP contribution < -0.4 is 10.2 Å². The largest absolute Gasteiger partial charge is 0.448 e. The number of amides is 1. The number of esters is 3. The zero-order chi connectivity index (χ0) is 32.3.